The van der Waals surface area contributed by atoms with Gasteiger partial charge in [-0.2, -0.15) is 5.10 Å². The van der Waals surface area contributed by atoms with E-state index in [2.05, 4.69) is 29.4 Å². The molecule has 0 aliphatic heterocycles. The zero-order valence-corrected chi connectivity index (χ0v) is 12.4. The predicted octanol–water partition coefficient (Wildman–Crippen LogP) is 3.35. The highest BCUT2D eigenvalue weighted by Gasteiger charge is 2.15. The summed E-state index contributed by atoms with van der Waals surface area (Å²) in [6.07, 6.45) is -0.449. The molecular formula is C15H20N2OS. The normalized spacial score (nSPS) is 12.6. The summed E-state index contributed by atoms with van der Waals surface area (Å²) in [6.45, 7) is 6.63. The van der Waals surface area contributed by atoms with Crippen LogP contribution in [-0.2, 0) is 6.54 Å². The standard InChI is InChI=1S/C15H20N2OS/c1-11-15(13(3)18)12(2)17(16-11)9-10-19-14-7-5-4-6-8-14/h4-8,13,18H,9-10H2,1-3H3. The van der Waals surface area contributed by atoms with E-state index in [1.54, 1.807) is 6.92 Å². The van der Waals surface area contributed by atoms with Crippen LogP contribution >= 0.6 is 11.8 Å². The van der Waals surface area contributed by atoms with Gasteiger partial charge in [0.15, 0.2) is 0 Å². The Kier molecular flexibility index (Phi) is 4.66. The monoisotopic (exact) mass is 276 g/mol. The second kappa shape index (κ2) is 6.26. The maximum Gasteiger partial charge on any atom is 0.0797 e. The van der Waals surface area contributed by atoms with E-state index < -0.39 is 6.10 Å². The average Bonchev–Trinajstić information content (AvgIpc) is 2.66. The molecule has 1 aromatic heterocycles. The first-order chi connectivity index (χ1) is 9.09. The zero-order chi connectivity index (χ0) is 13.8. The summed E-state index contributed by atoms with van der Waals surface area (Å²) in [6, 6.07) is 10.4. The summed E-state index contributed by atoms with van der Waals surface area (Å²) in [7, 11) is 0. The summed E-state index contributed by atoms with van der Waals surface area (Å²) >= 11 is 1.82. The number of hydrogen-bond acceptors (Lipinski definition) is 3. The number of rotatable bonds is 5. The number of hydrogen-bond donors (Lipinski definition) is 1. The van der Waals surface area contributed by atoms with Crippen molar-refractivity contribution in [3.8, 4) is 0 Å². The lowest BCUT2D eigenvalue weighted by atomic mass is 10.1. The smallest absolute Gasteiger partial charge is 0.0797 e. The first-order valence-electron chi connectivity index (χ1n) is 6.49. The molecule has 0 spiro atoms. The van der Waals surface area contributed by atoms with Crippen LogP contribution < -0.4 is 0 Å². The van der Waals surface area contributed by atoms with Gasteiger partial charge in [0.2, 0.25) is 0 Å². The van der Waals surface area contributed by atoms with Gasteiger partial charge < -0.3 is 5.11 Å². The predicted molar refractivity (Wildman–Crippen MR) is 79.5 cm³/mol. The number of nitrogens with zero attached hydrogens (tertiary/aromatic N) is 2. The van der Waals surface area contributed by atoms with Crippen molar-refractivity contribution in [1.29, 1.82) is 0 Å². The molecule has 0 saturated carbocycles. The van der Waals surface area contributed by atoms with Crippen LogP contribution in [0.1, 0.15) is 30.0 Å². The molecule has 1 N–H and O–H groups in total. The maximum atomic E-state index is 9.74. The number of aromatic nitrogens is 2. The van der Waals surface area contributed by atoms with Gasteiger partial charge in [0, 0.05) is 21.9 Å². The third-order valence-electron chi connectivity index (χ3n) is 3.17. The van der Waals surface area contributed by atoms with Gasteiger partial charge >= 0.3 is 0 Å². The molecule has 102 valence electrons. The fourth-order valence-corrected chi connectivity index (χ4v) is 3.15. The van der Waals surface area contributed by atoms with Crippen LogP contribution in [0.25, 0.3) is 0 Å². The van der Waals surface area contributed by atoms with E-state index >= 15 is 0 Å². The van der Waals surface area contributed by atoms with Gasteiger partial charge in [-0.3, -0.25) is 4.68 Å². The van der Waals surface area contributed by atoms with E-state index in [0.717, 1.165) is 29.2 Å². The number of thioether (sulfide) groups is 1. The molecule has 3 nitrogen and oxygen atoms in total. The molecule has 1 heterocycles. The minimum Gasteiger partial charge on any atom is -0.389 e. The van der Waals surface area contributed by atoms with Gasteiger partial charge in [0.05, 0.1) is 18.3 Å². The molecule has 1 unspecified atom stereocenters. The Morgan fingerprint density at radius 2 is 1.95 bits per heavy atom. The number of aryl methyl sites for hydroxylation is 2. The zero-order valence-electron chi connectivity index (χ0n) is 11.6. The fourth-order valence-electron chi connectivity index (χ4n) is 2.30. The van der Waals surface area contributed by atoms with Crippen molar-refractivity contribution in [3.05, 3.63) is 47.3 Å². The van der Waals surface area contributed by atoms with Gasteiger partial charge in [-0.1, -0.05) is 18.2 Å². The van der Waals surface area contributed by atoms with Crippen LogP contribution in [0.4, 0.5) is 0 Å². The minimum absolute atomic E-state index is 0.449. The highest BCUT2D eigenvalue weighted by Crippen LogP contribution is 2.22. The van der Waals surface area contributed by atoms with Crippen LogP contribution in [0.5, 0.6) is 0 Å². The molecule has 0 fully saturated rings. The molecule has 0 bridgehead atoms. The van der Waals surface area contributed by atoms with E-state index in [9.17, 15) is 5.11 Å². The Labute approximate surface area is 118 Å². The third kappa shape index (κ3) is 3.39. The van der Waals surface area contributed by atoms with Gasteiger partial charge in [0.1, 0.15) is 0 Å². The van der Waals surface area contributed by atoms with Crippen molar-refractivity contribution in [1.82, 2.24) is 9.78 Å². The van der Waals surface area contributed by atoms with Crippen molar-refractivity contribution in [2.24, 2.45) is 0 Å². The summed E-state index contributed by atoms with van der Waals surface area (Å²) < 4.78 is 1.99. The van der Waals surface area contributed by atoms with Gasteiger partial charge in [-0.25, -0.2) is 0 Å². The van der Waals surface area contributed by atoms with E-state index in [1.807, 2.05) is 36.4 Å². The Balaban J connectivity index is 1.99. The summed E-state index contributed by atoms with van der Waals surface area (Å²) in [5, 5.41) is 14.2. The number of aliphatic hydroxyl groups is 1. The molecule has 0 saturated heterocycles. The Hall–Kier alpha value is -1.26. The van der Waals surface area contributed by atoms with Gasteiger partial charge in [0.25, 0.3) is 0 Å². The third-order valence-corrected chi connectivity index (χ3v) is 4.16. The van der Waals surface area contributed by atoms with Crippen LogP contribution in [0.2, 0.25) is 0 Å². The topological polar surface area (TPSA) is 38.0 Å². The molecular weight excluding hydrogens is 256 g/mol. The quantitative estimate of drug-likeness (QED) is 0.851. The lowest BCUT2D eigenvalue weighted by Gasteiger charge is -2.07. The Morgan fingerprint density at radius 3 is 2.53 bits per heavy atom. The minimum atomic E-state index is -0.449. The van der Waals surface area contributed by atoms with Crippen LogP contribution in [0, 0.1) is 13.8 Å². The van der Waals surface area contributed by atoms with Crippen LogP contribution in [0.3, 0.4) is 0 Å². The number of aliphatic hydroxyl groups excluding tert-OH is 1. The summed E-state index contributed by atoms with van der Waals surface area (Å²) in [5.41, 5.74) is 2.96. The van der Waals surface area contributed by atoms with E-state index in [0.29, 0.717) is 0 Å². The molecule has 4 heteroatoms. The van der Waals surface area contributed by atoms with Gasteiger partial charge in [-0.15, -0.1) is 11.8 Å². The molecule has 0 aliphatic carbocycles. The second-order valence-electron chi connectivity index (χ2n) is 4.65. The van der Waals surface area contributed by atoms with E-state index in [4.69, 9.17) is 0 Å². The molecule has 2 aromatic rings. The average molecular weight is 276 g/mol. The van der Waals surface area contributed by atoms with Crippen molar-refractivity contribution in [2.45, 2.75) is 38.3 Å². The van der Waals surface area contributed by atoms with Crippen LogP contribution in [-0.4, -0.2) is 20.6 Å². The molecule has 1 atom stereocenters. The van der Waals surface area contributed by atoms with Crippen molar-refractivity contribution >= 4 is 11.8 Å². The van der Waals surface area contributed by atoms with Crippen molar-refractivity contribution in [3.63, 3.8) is 0 Å². The molecule has 2 rings (SSSR count). The molecule has 0 amide bonds. The maximum absolute atomic E-state index is 9.74. The summed E-state index contributed by atoms with van der Waals surface area (Å²) in [4.78, 5) is 1.28. The van der Waals surface area contributed by atoms with Crippen molar-refractivity contribution < 1.29 is 5.11 Å². The lowest BCUT2D eigenvalue weighted by Crippen LogP contribution is -2.05. The summed E-state index contributed by atoms with van der Waals surface area (Å²) in [5.74, 6) is 0.977. The Bertz CT molecular complexity index is 535. The fraction of sp³-hybridized carbons (Fsp3) is 0.400. The Morgan fingerprint density at radius 1 is 1.26 bits per heavy atom. The largest absolute Gasteiger partial charge is 0.389 e. The second-order valence-corrected chi connectivity index (χ2v) is 5.81. The molecule has 0 radical (unpaired) electrons. The number of benzene rings is 1. The molecule has 1 aromatic carbocycles. The van der Waals surface area contributed by atoms with E-state index in [-0.39, 0.29) is 0 Å². The molecule has 19 heavy (non-hydrogen) atoms. The molecule has 0 aliphatic rings. The first kappa shape index (κ1) is 14.2. The SMILES string of the molecule is Cc1nn(CCSc2ccccc2)c(C)c1C(C)O. The first-order valence-corrected chi connectivity index (χ1v) is 7.48. The highest BCUT2D eigenvalue weighted by atomic mass is 32.2. The van der Waals surface area contributed by atoms with E-state index in [1.165, 1.54) is 4.90 Å². The van der Waals surface area contributed by atoms with Gasteiger partial charge in [-0.05, 0) is 32.9 Å². The van der Waals surface area contributed by atoms with Crippen molar-refractivity contribution in [2.75, 3.05) is 5.75 Å². The van der Waals surface area contributed by atoms with Crippen LogP contribution in [0.15, 0.2) is 35.2 Å². The lowest BCUT2D eigenvalue weighted by molar-refractivity contribution is 0.197. The highest BCUT2D eigenvalue weighted by molar-refractivity contribution is 7.99.